The van der Waals surface area contributed by atoms with Crippen molar-refractivity contribution in [2.45, 2.75) is 6.92 Å². The standard InChI is InChI=1S/C16H15BrN2O3S/c1-10-6-7-14(11(17)8-10)22-9-15(21)19-16(23)18-12-4-2-3-5-13(12)20/h2-8,20H,9H2,1H3,(H2,18,19,21,23). The molecule has 0 aliphatic rings. The lowest BCUT2D eigenvalue weighted by molar-refractivity contribution is -0.121. The SMILES string of the molecule is Cc1ccc(OCC(=O)NC(=S)Nc2ccccc2O)c(Br)c1. The first kappa shape index (κ1) is 17.2. The van der Waals surface area contributed by atoms with Gasteiger partial charge in [-0.25, -0.2) is 0 Å². The van der Waals surface area contributed by atoms with Crippen molar-refractivity contribution in [1.29, 1.82) is 0 Å². The van der Waals surface area contributed by atoms with Crippen LogP contribution in [-0.4, -0.2) is 22.7 Å². The zero-order chi connectivity index (χ0) is 16.8. The first-order valence-electron chi connectivity index (χ1n) is 6.73. The molecule has 7 heteroatoms. The monoisotopic (exact) mass is 394 g/mol. The third kappa shape index (κ3) is 5.22. The Hall–Kier alpha value is -2.12. The number of phenols is 1. The van der Waals surface area contributed by atoms with Gasteiger partial charge in [0.2, 0.25) is 0 Å². The van der Waals surface area contributed by atoms with E-state index in [1.54, 1.807) is 24.3 Å². The molecule has 5 nitrogen and oxygen atoms in total. The molecule has 23 heavy (non-hydrogen) atoms. The van der Waals surface area contributed by atoms with Crippen LogP contribution >= 0.6 is 28.1 Å². The summed E-state index contributed by atoms with van der Waals surface area (Å²) in [5.74, 6) is 0.222. The summed E-state index contributed by atoms with van der Waals surface area (Å²) in [5.41, 5.74) is 1.50. The number of carbonyl (C=O) groups excluding carboxylic acids is 1. The molecule has 120 valence electrons. The molecular weight excluding hydrogens is 380 g/mol. The van der Waals surface area contributed by atoms with E-state index in [9.17, 15) is 9.90 Å². The summed E-state index contributed by atoms with van der Waals surface area (Å²) in [6.45, 7) is 1.79. The van der Waals surface area contributed by atoms with Crippen LogP contribution in [0.1, 0.15) is 5.56 Å². The summed E-state index contributed by atoms with van der Waals surface area (Å²) in [7, 11) is 0. The highest BCUT2D eigenvalue weighted by atomic mass is 79.9. The number of aryl methyl sites for hydroxylation is 1. The Bertz CT molecular complexity index is 737. The van der Waals surface area contributed by atoms with Crippen molar-refractivity contribution in [1.82, 2.24) is 5.32 Å². The maximum atomic E-state index is 11.8. The number of hydrogen-bond acceptors (Lipinski definition) is 4. The third-order valence-corrected chi connectivity index (χ3v) is 3.68. The van der Waals surface area contributed by atoms with E-state index in [1.807, 2.05) is 19.1 Å². The van der Waals surface area contributed by atoms with Gasteiger partial charge in [0.25, 0.3) is 5.91 Å². The van der Waals surface area contributed by atoms with Crippen LogP contribution in [0.4, 0.5) is 5.69 Å². The van der Waals surface area contributed by atoms with Crippen LogP contribution < -0.4 is 15.4 Å². The lowest BCUT2D eigenvalue weighted by Crippen LogP contribution is -2.37. The smallest absolute Gasteiger partial charge is 0.264 e. The quantitative estimate of drug-likeness (QED) is 0.547. The third-order valence-electron chi connectivity index (χ3n) is 2.85. The number of hydrogen-bond donors (Lipinski definition) is 3. The number of nitrogens with one attached hydrogen (secondary N) is 2. The predicted octanol–water partition coefficient (Wildman–Crippen LogP) is 3.36. The van der Waals surface area contributed by atoms with E-state index >= 15 is 0 Å². The molecule has 0 radical (unpaired) electrons. The number of anilines is 1. The van der Waals surface area contributed by atoms with Crippen LogP contribution in [0.3, 0.4) is 0 Å². The van der Waals surface area contributed by atoms with Crippen molar-refractivity contribution in [3.63, 3.8) is 0 Å². The van der Waals surface area contributed by atoms with Crippen LogP contribution in [-0.2, 0) is 4.79 Å². The highest BCUT2D eigenvalue weighted by Gasteiger charge is 2.09. The van der Waals surface area contributed by atoms with E-state index in [2.05, 4.69) is 26.6 Å². The maximum Gasteiger partial charge on any atom is 0.264 e. The summed E-state index contributed by atoms with van der Waals surface area (Å²) in [6, 6.07) is 12.2. The van der Waals surface area contributed by atoms with Gasteiger partial charge in [-0.2, -0.15) is 0 Å². The fourth-order valence-corrected chi connectivity index (χ4v) is 2.59. The Morgan fingerprint density at radius 2 is 2.04 bits per heavy atom. The molecular formula is C16H15BrN2O3S. The topological polar surface area (TPSA) is 70.6 Å². The van der Waals surface area contributed by atoms with E-state index in [1.165, 1.54) is 6.07 Å². The lowest BCUT2D eigenvalue weighted by Gasteiger charge is -2.12. The average Bonchev–Trinajstić information content (AvgIpc) is 2.48. The molecule has 0 saturated carbocycles. The molecule has 0 atom stereocenters. The van der Waals surface area contributed by atoms with Gasteiger partial charge < -0.3 is 15.2 Å². The number of para-hydroxylation sites is 2. The molecule has 0 heterocycles. The first-order chi connectivity index (χ1) is 11.0. The van der Waals surface area contributed by atoms with Gasteiger partial charge in [0, 0.05) is 0 Å². The van der Waals surface area contributed by atoms with Gasteiger partial charge in [0.05, 0.1) is 10.2 Å². The van der Waals surface area contributed by atoms with E-state index in [4.69, 9.17) is 17.0 Å². The Balaban J connectivity index is 1.85. The van der Waals surface area contributed by atoms with Crippen LogP contribution in [0.25, 0.3) is 0 Å². The molecule has 3 N–H and O–H groups in total. The van der Waals surface area contributed by atoms with Gasteiger partial charge >= 0.3 is 0 Å². The van der Waals surface area contributed by atoms with Crippen molar-refractivity contribution in [2.75, 3.05) is 11.9 Å². The molecule has 0 aliphatic carbocycles. The van der Waals surface area contributed by atoms with Gasteiger partial charge in [-0.15, -0.1) is 0 Å². The van der Waals surface area contributed by atoms with E-state index in [-0.39, 0.29) is 17.5 Å². The Kier molecular flexibility index (Phi) is 5.95. The van der Waals surface area contributed by atoms with Crippen molar-refractivity contribution in [3.8, 4) is 11.5 Å². The number of phenolic OH excluding ortho intramolecular Hbond substituents is 1. The molecule has 0 fully saturated rings. The number of halogens is 1. The fourth-order valence-electron chi connectivity index (χ4n) is 1.76. The number of amides is 1. The molecule has 1 amide bonds. The van der Waals surface area contributed by atoms with Crippen LogP contribution in [0, 0.1) is 6.92 Å². The molecule has 0 spiro atoms. The van der Waals surface area contributed by atoms with Gasteiger partial charge in [-0.05, 0) is 64.9 Å². The number of ether oxygens (including phenoxy) is 1. The van der Waals surface area contributed by atoms with Crippen LogP contribution in [0.5, 0.6) is 11.5 Å². The lowest BCUT2D eigenvalue weighted by atomic mass is 10.2. The Morgan fingerprint density at radius 3 is 2.74 bits per heavy atom. The normalized spacial score (nSPS) is 10.0. The van der Waals surface area contributed by atoms with Crippen LogP contribution in [0.2, 0.25) is 0 Å². The summed E-state index contributed by atoms with van der Waals surface area (Å²) in [6.07, 6.45) is 0. The molecule has 0 aromatic heterocycles. The zero-order valence-electron chi connectivity index (χ0n) is 12.3. The molecule has 2 aromatic rings. The maximum absolute atomic E-state index is 11.8. The molecule has 2 rings (SSSR count). The van der Waals surface area contributed by atoms with E-state index < -0.39 is 5.91 Å². The van der Waals surface area contributed by atoms with Crippen molar-refractivity contribution < 1.29 is 14.6 Å². The molecule has 2 aromatic carbocycles. The first-order valence-corrected chi connectivity index (χ1v) is 7.93. The number of rotatable bonds is 4. The second-order valence-electron chi connectivity index (χ2n) is 4.74. The summed E-state index contributed by atoms with van der Waals surface area (Å²) < 4.78 is 6.21. The highest BCUT2D eigenvalue weighted by Crippen LogP contribution is 2.25. The second kappa shape index (κ2) is 7.94. The summed E-state index contributed by atoms with van der Waals surface area (Å²) in [4.78, 5) is 11.8. The van der Waals surface area contributed by atoms with E-state index in [0.717, 1.165) is 10.0 Å². The van der Waals surface area contributed by atoms with Gasteiger partial charge in [0.15, 0.2) is 11.7 Å². The average molecular weight is 395 g/mol. The molecule has 0 bridgehead atoms. The van der Waals surface area contributed by atoms with Gasteiger partial charge in [-0.3, -0.25) is 10.1 Å². The van der Waals surface area contributed by atoms with Crippen molar-refractivity contribution in [2.24, 2.45) is 0 Å². The van der Waals surface area contributed by atoms with Gasteiger partial charge in [-0.1, -0.05) is 18.2 Å². The Labute approximate surface area is 147 Å². The van der Waals surface area contributed by atoms with E-state index in [0.29, 0.717) is 11.4 Å². The fraction of sp³-hybridized carbons (Fsp3) is 0.125. The number of benzene rings is 2. The number of carbonyl (C=O) groups is 1. The minimum Gasteiger partial charge on any atom is -0.506 e. The zero-order valence-corrected chi connectivity index (χ0v) is 14.7. The number of aromatic hydroxyl groups is 1. The minimum atomic E-state index is -0.398. The van der Waals surface area contributed by atoms with Crippen molar-refractivity contribution in [3.05, 3.63) is 52.5 Å². The highest BCUT2D eigenvalue weighted by molar-refractivity contribution is 9.10. The van der Waals surface area contributed by atoms with Crippen molar-refractivity contribution >= 4 is 44.9 Å². The number of thiocarbonyl (C=S) groups is 1. The molecule has 0 saturated heterocycles. The predicted molar refractivity (Wildman–Crippen MR) is 96.8 cm³/mol. The summed E-state index contributed by atoms with van der Waals surface area (Å²) >= 11 is 8.40. The van der Waals surface area contributed by atoms with Crippen LogP contribution in [0.15, 0.2) is 46.9 Å². The molecule has 0 unspecified atom stereocenters. The summed E-state index contributed by atoms with van der Waals surface area (Å²) in [5, 5.41) is 14.9. The Morgan fingerprint density at radius 1 is 1.30 bits per heavy atom. The molecule has 0 aliphatic heterocycles. The van der Waals surface area contributed by atoms with Gasteiger partial charge in [0.1, 0.15) is 11.5 Å². The largest absolute Gasteiger partial charge is 0.506 e. The second-order valence-corrected chi connectivity index (χ2v) is 6.00. The minimum absolute atomic E-state index is 0.0453.